The van der Waals surface area contributed by atoms with Crippen LogP contribution in [-0.4, -0.2) is 47.0 Å². The van der Waals surface area contributed by atoms with Crippen LogP contribution >= 0.6 is 11.8 Å². The van der Waals surface area contributed by atoms with Crippen LogP contribution in [0.25, 0.3) is 11.5 Å². The number of carbonyl (C=O) groups excluding carboxylic acids is 2. The van der Waals surface area contributed by atoms with Crippen molar-refractivity contribution in [2.45, 2.75) is 32.0 Å². The topological polar surface area (TPSA) is 106 Å². The number of carbonyl (C=O) groups is 2. The fourth-order valence-corrected chi connectivity index (χ4v) is 2.57. The van der Waals surface area contributed by atoms with E-state index >= 15 is 0 Å². The van der Waals surface area contributed by atoms with Crippen LogP contribution in [0.1, 0.15) is 20.8 Å². The number of nitrogens with one attached hydrogen (secondary N) is 2. The van der Waals surface area contributed by atoms with Gasteiger partial charge in [0.15, 0.2) is 0 Å². The van der Waals surface area contributed by atoms with E-state index in [-0.39, 0.29) is 35.4 Å². The number of benzene rings is 1. The number of amides is 2. The molecule has 26 heavy (non-hydrogen) atoms. The Morgan fingerprint density at radius 3 is 2.58 bits per heavy atom. The first kappa shape index (κ1) is 19.8. The molecule has 0 unspecified atom stereocenters. The standard InChI is InChI=1S/C17H22N4O4S/c1-4-24-13-7-5-12(6-8-13)16-20-21-17(25-16)26-10-15(23)18-9-14(22)19-11(2)3/h5-8,11H,4,9-10H2,1-3H3,(H,18,23)(H,19,22). The quantitative estimate of drug-likeness (QED) is 0.642. The van der Waals surface area contributed by atoms with E-state index in [1.807, 2.05) is 45.0 Å². The summed E-state index contributed by atoms with van der Waals surface area (Å²) in [6.45, 7) is 6.17. The van der Waals surface area contributed by atoms with Gasteiger partial charge in [-0.3, -0.25) is 9.59 Å². The Hall–Kier alpha value is -2.55. The first-order chi connectivity index (χ1) is 12.5. The molecule has 140 valence electrons. The molecule has 2 N–H and O–H groups in total. The fraction of sp³-hybridized carbons (Fsp3) is 0.412. The minimum absolute atomic E-state index is 0.0354. The van der Waals surface area contributed by atoms with Gasteiger partial charge in [0.2, 0.25) is 17.7 Å². The maximum Gasteiger partial charge on any atom is 0.277 e. The SMILES string of the molecule is CCOc1ccc(-c2nnc(SCC(=O)NCC(=O)NC(C)C)o2)cc1. The average molecular weight is 378 g/mol. The van der Waals surface area contributed by atoms with E-state index in [0.717, 1.165) is 23.1 Å². The van der Waals surface area contributed by atoms with Gasteiger partial charge in [0, 0.05) is 11.6 Å². The Balaban J connectivity index is 1.80. The fourth-order valence-electron chi connectivity index (χ4n) is 1.98. The van der Waals surface area contributed by atoms with Gasteiger partial charge in [-0.15, -0.1) is 10.2 Å². The van der Waals surface area contributed by atoms with Gasteiger partial charge in [-0.1, -0.05) is 11.8 Å². The molecular weight excluding hydrogens is 356 g/mol. The van der Waals surface area contributed by atoms with E-state index in [9.17, 15) is 9.59 Å². The molecule has 0 bridgehead atoms. The van der Waals surface area contributed by atoms with Gasteiger partial charge in [-0.25, -0.2) is 0 Å². The van der Waals surface area contributed by atoms with E-state index in [2.05, 4.69) is 20.8 Å². The lowest BCUT2D eigenvalue weighted by atomic mass is 10.2. The molecule has 1 heterocycles. The minimum atomic E-state index is -0.283. The molecule has 0 saturated heterocycles. The summed E-state index contributed by atoms with van der Waals surface area (Å²) in [5.41, 5.74) is 0.766. The van der Waals surface area contributed by atoms with Gasteiger partial charge in [-0.05, 0) is 45.0 Å². The second-order valence-corrected chi connectivity index (χ2v) is 6.54. The van der Waals surface area contributed by atoms with Gasteiger partial charge in [0.1, 0.15) is 5.75 Å². The predicted octanol–water partition coefficient (Wildman–Crippen LogP) is 1.87. The van der Waals surface area contributed by atoms with Crippen molar-refractivity contribution in [2.24, 2.45) is 0 Å². The first-order valence-corrected chi connectivity index (χ1v) is 9.22. The second kappa shape index (κ2) is 9.81. The zero-order valence-corrected chi connectivity index (χ0v) is 15.8. The van der Waals surface area contributed by atoms with Gasteiger partial charge in [0.05, 0.1) is 18.9 Å². The maximum absolute atomic E-state index is 11.8. The van der Waals surface area contributed by atoms with Crippen LogP contribution in [0.3, 0.4) is 0 Å². The average Bonchev–Trinajstić information content (AvgIpc) is 3.07. The minimum Gasteiger partial charge on any atom is -0.494 e. The van der Waals surface area contributed by atoms with Crippen LogP contribution in [-0.2, 0) is 9.59 Å². The number of hydrogen-bond acceptors (Lipinski definition) is 7. The zero-order chi connectivity index (χ0) is 18.9. The van der Waals surface area contributed by atoms with E-state index in [1.165, 1.54) is 0 Å². The van der Waals surface area contributed by atoms with E-state index in [4.69, 9.17) is 9.15 Å². The molecule has 2 amide bonds. The first-order valence-electron chi connectivity index (χ1n) is 8.23. The summed E-state index contributed by atoms with van der Waals surface area (Å²) >= 11 is 1.11. The summed E-state index contributed by atoms with van der Waals surface area (Å²) in [4.78, 5) is 23.2. The van der Waals surface area contributed by atoms with E-state index in [1.54, 1.807) is 0 Å². The molecule has 1 aromatic heterocycles. The third-order valence-corrected chi connectivity index (χ3v) is 3.86. The lowest BCUT2D eigenvalue weighted by molar-refractivity contribution is -0.125. The Labute approximate surface area is 156 Å². The molecule has 9 heteroatoms. The van der Waals surface area contributed by atoms with Gasteiger partial charge in [-0.2, -0.15) is 0 Å². The lowest BCUT2D eigenvalue weighted by Crippen LogP contribution is -2.40. The third kappa shape index (κ3) is 6.40. The van der Waals surface area contributed by atoms with Crippen molar-refractivity contribution in [2.75, 3.05) is 18.9 Å². The van der Waals surface area contributed by atoms with Crippen molar-refractivity contribution in [1.29, 1.82) is 0 Å². The molecule has 8 nitrogen and oxygen atoms in total. The molecule has 0 aliphatic rings. The number of ether oxygens (including phenoxy) is 1. The monoisotopic (exact) mass is 378 g/mol. The van der Waals surface area contributed by atoms with E-state index < -0.39 is 0 Å². The smallest absolute Gasteiger partial charge is 0.277 e. The molecule has 0 fully saturated rings. The third-order valence-electron chi connectivity index (χ3n) is 3.04. The highest BCUT2D eigenvalue weighted by Crippen LogP contribution is 2.24. The summed E-state index contributed by atoms with van der Waals surface area (Å²) in [7, 11) is 0. The molecule has 2 aromatic rings. The number of nitrogens with zero attached hydrogens (tertiary/aromatic N) is 2. The highest BCUT2D eigenvalue weighted by atomic mass is 32.2. The molecule has 0 aliphatic carbocycles. The van der Waals surface area contributed by atoms with Crippen molar-refractivity contribution in [3.8, 4) is 17.2 Å². The molecule has 0 spiro atoms. The molecule has 1 aromatic carbocycles. The second-order valence-electron chi connectivity index (χ2n) is 5.62. The highest BCUT2D eigenvalue weighted by Gasteiger charge is 2.12. The summed E-state index contributed by atoms with van der Waals surface area (Å²) in [6, 6.07) is 7.34. The Morgan fingerprint density at radius 2 is 1.92 bits per heavy atom. The van der Waals surface area contributed by atoms with Crippen LogP contribution in [0.15, 0.2) is 33.9 Å². The summed E-state index contributed by atoms with van der Waals surface area (Å²) in [5.74, 6) is 0.708. The largest absolute Gasteiger partial charge is 0.494 e. The zero-order valence-electron chi connectivity index (χ0n) is 14.9. The molecule has 2 rings (SSSR count). The number of rotatable bonds is 9. The van der Waals surface area contributed by atoms with Crippen molar-refractivity contribution in [3.05, 3.63) is 24.3 Å². The van der Waals surface area contributed by atoms with Gasteiger partial charge >= 0.3 is 0 Å². The van der Waals surface area contributed by atoms with Crippen LogP contribution in [0.4, 0.5) is 0 Å². The van der Waals surface area contributed by atoms with Crippen LogP contribution in [0, 0.1) is 0 Å². The number of hydrogen-bond donors (Lipinski definition) is 2. The van der Waals surface area contributed by atoms with Crippen molar-refractivity contribution in [3.63, 3.8) is 0 Å². The van der Waals surface area contributed by atoms with Crippen LogP contribution in [0.2, 0.25) is 0 Å². The summed E-state index contributed by atoms with van der Waals surface area (Å²) < 4.78 is 10.9. The number of aromatic nitrogens is 2. The maximum atomic E-state index is 11.8. The molecule has 0 radical (unpaired) electrons. The van der Waals surface area contributed by atoms with E-state index in [0.29, 0.717) is 12.5 Å². The van der Waals surface area contributed by atoms with Gasteiger partial charge < -0.3 is 19.8 Å². The van der Waals surface area contributed by atoms with Gasteiger partial charge in [0.25, 0.3) is 5.22 Å². The van der Waals surface area contributed by atoms with Crippen LogP contribution < -0.4 is 15.4 Å². The van der Waals surface area contributed by atoms with Crippen molar-refractivity contribution in [1.82, 2.24) is 20.8 Å². The Kier molecular flexibility index (Phi) is 7.46. The highest BCUT2D eigenvalue weighted by molar-refractivity contribution is 7.99. The predicted molar refractivity (Wildman–Crippen MR) is 97.9 cm³/mol. The molecule has 0 saturated carbocycles. The Bertz CT molecular complexity index is 731. The summed E-state index contributed by atoms with van der Waals surface area (Å²) in [5, 5.41) is 13.4. The normalized spacial score (nSPS) is 10.6. The van der Waals surface area contributed by atoms with Crippen LogP contribution in [0.5, 0.6) is 5.75 Å². The molecular formula is C17H22N4O4S. The molecule has 0 aliphatic heterocycles. The summed E-state index contributed by atoms with van der Waals surface area (Å²) in [6.07, 6.45) is 0. The lowest BCUT2D eigenvalue weighted by Gasteiger charge is -2.08. The molecule has 0 atom stereocenters. The number of thioether (sulfide) groups is 1. The van der Waals surface area contributed by atoms with Crippen molar-refractivity contribution >= 4 is 23.6 Å². The van der Waals surface area contributed by atoms with Crippen molar-refractivity contribution < 1.29 is 18.7 Å². The Morgan fingerprint density at radius 1 is 1.19 bits per heavy atom.